The standard InChI is InChI=1S/C12H21N3O2/c16-11-9-15(7-3-6-14-11)12(17)8-10-4-1-2-5-13-10/h10,13H,1-9H2,(H,14,16). The van der Waals surface area contributed by atoms with Crippen molar-refractivity contribution in [1.29, 1.82) is 0 Å². The van der Waals surface area contributed by atoms with Gasteiger partial charge in [-0.15, -0.1) is 0 Å². The highest BCUT2D eigenvalue weighted by Gasteiger charge is 2.23. The van der Waals surface area contributed by atoms with E-state index in [2.05, 4.69) is 10.6 Å². The molecule has 1 unspecified atom stereocenters. The molecule has 1 atom stereocenters. The fourth-order valence-corrected chi connectivity index (χ4v) is 2.46. The third-order valence-electron chi connectivity index (χ3n) is 3.45. The third kappa shape index (κ3) is 3.70. The number of nitrogens with one attached hydrogen (secondary N) is 2. The predicted octanol–water partition coefficient (Wildman–Crippen LogP) is -0.133. The number of piperidine rings is 1. The molecule has 5 heteroatoms. The second-order valence-corrected chi connectivity index (χ2v) is 4.87. The Labute approximate surface area is 102 Å². The van der Waals surface area contributed by atoms with Crippen LogP contribution >= 0.6 is 0 Å². The predicted molar refractivity (Wildman–Crippen MR) is 64.5 cm³/mol. The lowest BCUT2D eigenvalue weighted by Crippen LogP contribution is -2.42. The summed E-state index contributed by atoms with van der Waals surface area (Å²) in [5.41, 5.74) is 0. The number of carbonyl (C=O) groups excluding carboxylic acids is 2. The second kappa shape index (κ2) is 6.00. The summed E-state index contributed by atoms with van der Waals surface area (Å²) in [5, 5.41) is 6.15. The maximum absolute atomic E-state index is 12.1. The van der Waals surface area contributed by atoms with Crippen LogP contribution in [0, 0.1) is 0 Å². The summed E-state index contributed by atoms with van der Waals surface area (Å²) in [5.74, 6) is 0.0777. The number of hydrogen-bond acceptors (Lipinski definition) is 3. The molecule has 0 aliphatic carbocycles. The average Bonchev–Trinajstić information content (AvgIpc) is 2.55. The molecule has 0 aromatic rings. The van der Waals surface area contributed by atoms with Gasteiger partial charge in [0.05, 0.1) is 6.54 Å². The molecule has 2 heterocycles. The van der Waals surface area contributed by atoms with Crippen LogP contribution < -0.4 is 10.6 Å². The summed E-state index contributed by atoms with van der Waals surface area (Å²) in [6, 6.07) is 0.308. The van der Waals surface area contributed by atoms with Gasteiger partial charge in [0.1, 0.15) is 0 Å². The van der Waals surface area contributed by atoms with E-state index in [0.29, 0.717) is 25.6 Å². The lowest BCUT2D eigenvalue weighted by Gasteiger charge is -2.26. The quantitative estimate of drug-likeness (QED) is 0.705. The van der Waals surface area contributed by atoms with Crippen molar-refractivity contribution in [2.24, 2.45) is 0 Å². The molecule has 0 saturated carbocycles. The van der Waals surface area contributed by atoms with Crippen molar-refractivity contribution < 1.29 is 9.59 Å². The van der Waals surface area contributed by atoms with Crippen LogP contribution in [0.15, 0.2) is 0 Å². The maximum atomic E-state index is 12.1. The van der Waals surface area contributed by atoms with Gasteiger partial charge in [-0.3, -0.25) is 9.59 Å². The highest BCUT2D eigenvalue weighted by Crippen LogP contribution is 2.12. The summed E-state index contributed by atoms with van der Waals surface area (Å²) in [6.07, 6.45) is 4.87. The summed E-state index contributed by atoms with van der Waals surface area (Å²) in [7, 11) is 0. The van der Waals surface area contributed by atoms with Gasteiger partial charge in [0, 0.05) is 25.6 Å². The van der Waals surface area contributed by atoms with E-state index in [4.69, 9.17) is 0 Å². The summed E-state index contributed by atoms with van der Waals surface area (Å²) < 4.78 is 0. The van der Waals surface area contributed by atoms with Crippen molar-refractivity contribution in [3.8, 4) is 0 Å². The van der Waals surface area contributed by atoms with Gasteiger partial charge in [-0.05, 0) is 25.8 Å². The van der Waals surface area contributed by atoms with E-state index in [-0.39, 0.29) is 18.4 Å². The Balaban J connectivity index is 1.82. The van der Waals surface area contributed by atoms with Crippen LogP contribution in [-0.4, -0.2) is 48.9 Å². The smallest absolute Gasteiger partial charge is 0.239 e. The van der Waals surface area contributed by atoms with Crippen molar-refractivity contribution in [1.82, 2.24) is 15.5 Å². The molecule has 2 fully saturated rings. The van der Waals surface area contributed by atoms with E-state index in [9.17, 15) is 9.59 Å². The first kappa shape index (κ1) is 12.4. The number of rotatable bonds is 2. The minimum atomic E-state index is -0.0348. The molecule has 2 amide bonds. The van der Waals surface area contributed by atoms with Gasteiger partial charge in [-0.25, -0.2) is 0 Å². The van der Waals surface area contributed by atoms with Crippen LogP contribution in [0.3, 0.4) is 0 Å². The van der Waals surface area contributed by atoms with Gasteiger partial charge in [-0.1, -0.05) is 6.42 Å². The first-order valence-corrected chi connectivity index (χ1v) is 6.53. The molecule has 0 bridgehead atoms. The molecule has 0 spiro atoms. The molecular weight excluding hydrogens is 218 g/mol. The van der Waals surface area contributed by atoms with Crippen LogP contribution in [0.25, 0.3) is 0 Å². The number of hydrogen-bond donors (Lipinski definition) is 2. The molecular formula is C12H21N3O2. The van der Waals surface area contributed by atoms with Gasteiger partial charge < -0.3 is 15.5 Å². The first-order chi connectivity index (χ1) is 8.25. The SMILES string of the molecule is O=C1CN(C(=O)CC2CCCCN2)CCCN1. The zero-order chi connectivity index (χ0) is 12.1. The van der Waals surface area contributed by atoms with E-state index >= 15 is 0 Å². The fraction of sp³-hybridized carbons (Fsp3) is 0.833. The van der Waals surface area contributed by atoms with Crippen LogP contribution in [-0.2, 0) is 9.59 Å². The highest BCUT2D eigenvalue weighted by atomic mass is 16.2. The number of nitrogens with zero attached hydrogens (tertiary/aromatic N) is 1. The molecule has 96 valence electrons. The Kier molecular flexibility index (Phi) is 4.36. The van der Waals surface area contributed by atoms with Gasteiger partial charge in [-0.2, -0.15) is 0 Å². The minimum Gasteiger partial charge on any atom is -0.354 e. The van der Waals surface area contributed by atoms with Crippen LogP contribution in [0.1, 0.15) is 32.1 Å². The summed E-state index contributed by atoms with van der Waals surface area (Å²) >= 11 is 0. The Hall–Kier alpha value is -1.10. The van der Waals surface area contributed by atoms with E-state index < -0.39 is 0 Å². The maximum Gasteiger partial charge on any atom is 0.239 e. The number of carbonyl (C=O) groups is 2. The van der Waals surface area contributed by atoms with E-state index in [1.807, 2.05) is 0 Å². The fourth-order valence-electron chi connectivity index (χ4n) is 2.46. The van der Waals surface area contributed by atoms with Crippen molar-refractivity contribution in [3.63, 3.8) is 0 Å². The first-order valence-electron chi connectivity index (χ1n) is 6.53. The minimum absolute atomic E-state index is 0.0348. The number of amides is 2. The van der Waals surface area contributed by atoms with E-state index in [0.717, 1.165) is 19.4 Å². The van der Waals surface area contributed by atoms with Gasteiger partial charge in [0.2, 0.25) is 11.8 Å². The topological polar surface area (TPSA) is 61.4 Å². The largest absolute Gasteiger partial charge is 0.354 e. The van der Waals surface area contributed by atoms with E-state index in [1.165, 1.54) is 12.8 Å². The van der Waals surface area contributed by atoms with Gasteiger partial charge >= 0.3 is 0 Å². The molecule has 0 aromatic carbocycles. The van der Waals surface area contributed by atoms with Crippen LogP contribution in [0.4, 0.5) is 0 Å². The summed E-state index contributed by atoms with van der Waals surface area (Å²) in [6.45, 7) is 2.62. The second-order valence-electron chi connectivity index (χ2n) is 4.87. The average molecular weight is 239 g/mol. The molecule has 2 N–H and O–H groups in total. The normalized spacial score (nSPS) is 26.2. The van der Waals surface area contributed by atoms with Crippen LogP contribution in [0.2, 0.25) is 0 Å². The monoisotopic (exact) mass is 239 g/mol. The molecule has 17 heavy (non-hydrogen) atoms. The molecule has 2 aliphatic rings. The molecule has 2 aliphatic heterocycles. The molecule has 5 nitrogen and oxygen atoms in total. The molecule has 2 rings (SSSR count). The van der Waals surface area contributed by atoms with Crippen molar-refractivity contribution in [2.75, 3.05) is 26.2 Å². The molecule has 2 saturated heterocycles. The third-order valence-corrected chi connectivity index (χ3v) is 3.45. The molecule has 0 radical (unpaired) electrons. The van der Waals surface area contributed by atoms with Crippen molar-refractivity contribution in [3.05, 3.63) is 0 Å². The Bertz CT molecular complexity index is 287. The lowest BCUT2D eigenvalue weighted by molar-refractivity contribution is -0.135. The highest BCUT2D eigenvalue weighted by molar-refractivity contribution is 5.85. The zero-order valence-corrected chi connectivity index (χ0v) is 10.2. The lowest BCUT2D eigenvalue weighted by atomic mass is 10.0. The van der Waals surface area contributed by atoms with Crippen LogP contribution in [0.5, 0.6) is 0 Å². The summed E-state index contributed by atoms with van der Waals surface area (Å²) in [4.78, 5) is 25.1. The van der Waals surface area contributed by atoms with Gasteiger partial charge in [0.15, 0.2) is 0 Å². The van der Waals surface area contributed by atoms with Crippen molar-refractivity contribution in [2.45, 2.75) is 38.1 Å². The van der Waals surface area contributed by atoms with Crippen molar-refractivity contribution >= 4 is 11.8 Å². The van der Waals surface area contributed by atoms with Gasteiger partial charge in [0.25, 0.3) is 0 Å². The Morgan fingerprint density at radius 1 is 1.29 bits per heavy atom. The van der Waals surface area contributed by atoms with E-state index in [1.54, 1.807) is 4.90 Å². The zero-order valence-electron chi connectivity index (χ0n) is 10.2. The Morgan fingerprint density at radius 2 is 2.18 bits per heavy atom. The molecule has 0 aromatic heterocycles. The Morgan fingerprint density at radius 3 is 2.94 bits per heavy atom.